The van der Waals surface area contributed by atoms with Gasteiger partial charge in [-0.05, 0) is 43.0 Å². The monoisotopic (exact) mass is 349 g/mol. The fraction of sp³-hybridized carbons (Fsp3) is 0.474. The molecule has 0 heterocycles. The van der Waals surface area contributed by atoms with Crippen molar-refractivity contribution >= 4 is 18.0 Å². The molecule has 1 N–H and O–H groups in total. The van der Waals surface area contributed by atoms with Crippen LogP contribution in [0, 0.1) is 5.92 Å². The van der Waals surface area contributed by atoms with Crippen LogP contribution in [0.15, 0.2) is 24.3 Å². The molecule has 138 valence electrons. The molecule has 6 nitrogen and oxygen atoms in total. The zero-order chi connectivity index (χ0) is 18.8. The van der Waals surface area contributed by atoms with Gasteiger partial charge in [0.15, 0.2) is 11.5 Å². The van der Waals surface area contributed by atoms with Crippen molar-refractivity contribution in [3.05, 3.63) is 29.8 Å². The topological polar surface area (TPSA) is 73.9 Å². The Morgan fingerprint density at radius 2 is 1.92 bits per heavy atom. The summed E-state index contributed by atoms with van der Waals surface area (Å²) in [5, 5.41) is 2.67. The first-order chi connectivity index (χ1) is 11.9. The molecule has 0 saturated heterocycles. The number of hydrogen-bond acceptors (Lipinski definition) is 5. The van der Waals surface area contributed by atoms with Gasteiger partial charge in [0.1, 0.15) is 6.04 Å². The van der Waals surface area contributed by atoms with Crippen LogP contribution >= 0.6 is 0 Å². The quantitative estimate of drug-likeness (QED) is 0.548. The molecule has 0 aliphatic carbocycles. The maximum atomic E-state index is 12.1. The first-order valence-electron chi connectivity index (χ1n) is 8.28. The second kappa shape index (κ2) is 10.4. The normalized spacial score (nSPS) is 12.1. The Hall–Kier alpha value is -2.50. The molecule has 0 saturated carbocycles. The lowest BCUT2D eigenvalue weighted by atomic mass is 10.0. The van der Waals surface area contributed by atoms with Crippen LogP contribution in [0.5, 0.6) is 11.5 Å². The van der Waals surface area contributed by atoms with Crippen molar-refractivity contribution < 1.29 is 23.8 Å². The highest BCUT2D eigenvalue weighted by Crippen LogP contribution is 2.28. The lowest BCUT2D eigenvalue weighted by Crippen LogP contribution is -2.41. The molecule has 0 aliphatic rings. The van der Waals surface area contributed by atoms with Crippen LogP contribution in [0.1, 0.15) is 32.8 Å². The Morgan fingerprint density at radius 1 is 1.20 bits per heavy atom. The van der Waals surface area contributed by atoms with Crippen LogP contribution in [0.25, 0.3) is 6.08 Å². The molecule has 1 atom stereocenters. The molecular formula is C19H27NO5. The fourth-order valence-corrected chi connectivity index (χ4v) is 2.28. The molecule has 0 bridgehead atoms. The Kier molecular flexibility index (Phi) is 8.53. The second-order valence-corrected chi connectivity index (χ2v) is 5.89. The van der Waals surface area contributed by atoms with Crippen molar-refractivity contribution in [3.63, 3.8) is 0 Å². The number of rotatable bonds is 9. The third-order valence-electron chi connectivity index (χ3n) is 3.42. The maximum Gasteiger partial charge on any atom is 0.328 e. The largest absolute Gasteiger partial charge is 0.493 e. The lowest BCUT2D eigenvalue weighted by Gasteiger charge is -2.17. The molecule has 0 unspecified atom stereocenters. The molecule has 0 aliphatic heterocycles. The van der Waals surface area contributed by atoms with E-state index in [4.69, 9.17) is 14.2 Å². The Bertz CT molecular complexity index is 610. The molecule has 0 spiro atoms. The first-order valence-corrected chi connectivity index (χ1v) is 8.28. The highest BCUT2D eigenvalue weighted by molar-refractivity contribution is 5.94. The van der Waals surface area contributed by atoms with Crippen molar-refractivity contribution in [2.75, 3.05) is 20.8 Å². The van der Waals surface area contributed by atoms with E-state index in [0.29, 0.717) is 24.5 Å². The van der Waals surface area contributed by atoms with Gasteiger partial charge in [-0.3, -0.25) is 4.79 Å². The van der Waals surface area contributed by atoms with Crippen LogP contribution in [-0.4, -0.2) is 38.7 Å². The summed E-state index contributed by atoms with van der Waals surface area (Å²) in [5.74, 6) is 0.691. The summed E-state index contributed by atoms with van der Waals surface area (Å²) in [5.41, 5.74) is 0.786. The fourth-order valence-electron chi connectivity index (χ4n) is 2.28. The van der Waals surface area contributed by atoms with Gasteiger partial charge in [-0.15, -0.1) is 0 Å². The third-order valence-corrected chi connectivity index (χ3v) is 3.42. The predicted octanol–water partition coefficient (Wildman–Crippen LogP) is 2.81. The third kappa shape index (κ3) is 6.87. The summed E-state index contributed by atoms with van der Waals surface area (Å²) in [6.07, 6.45) is 3.55. The molecular weight excluding hydrogens is 322 g/mol. The first kappa shape index (κ1) is 20.5. The molecule has 0 radical (unpaired) electrons. The maximum absolute atomic E-state index is 12.1. The number of carbonyl (C=O) groups is 2. The average molecular weight is 349 g/mol. The summed E-state index contributed by atoms with van der Waals surface area (Å²) >= 11 is 0. The molecule has 1 aromatic carbocycles. The zero-order valence-electron chi connectivity index (χ0n) is 15.5. The number of esters is 1. The molecule has 0 fully saturated rings. The standard InChI is InChI=1S/C19H27NO5/c1-6-25-16-9-7-14(12-17(16)23-4)8-10-18(21)20-15(11-13(2)3)19(22)24-5/h7-10,12-13,15H,6,11H2,1-5H3,(H,20,21)/b10-8+/t15-/m1/s1. The molecule has 1 aromatic rings. The summed E-state index contributed by atoms with van der Waals surface area (Å²) < 4.78 is 15.5. The zero-order valence-corrected chi connectivity index (χ0v) is 15.5. The van der Waals surface area contributed by atoms with E-state index in [-0.39, 0.29) is 11.8 Å². The molecule has 25 heavy (non-hydrogen) atoms. The SMILES string of the molecule is CCOc1ccc(/C=C/C(=O)N[C@H](CC(C)C)C(=O)OC)cc1OC. The number of nitrogens with one attached hydrogen (secondary N) is 1. The van der Waals surface area contributed by atoms with Crippen LogP contribution in [0.3, 0.4) is 0 Å². The van der Waals surface area contributed by atoms with Gasteiger partial charge in [0.25, 0.3) is 0 Å². The van der Waals surface area contributed by atoms with E-state index >= 15 is 0 Å². The Morgan fingerprint density at radius 3 is 2.48 bits per heavy atom. The average Bonchev–Trinajstić information content (AvgIpc) is 2.59. The van der Waals surface area contributed by atoms with E-state index in [0.717, 1.165) is 5.56 Å². The van der Waals surface area contributed by atoms with E-state index in [2.05, 4.69) is 5.32 Å². The molecule has 1 amide bonds. The minimum absolute atomic E-state index is 0.253. The minimum atomic E-state index is -0.656. The highest BCUT2D eigenvalue weighted by atomic mass is 16.5. The van der Waals surface area contributed by atoms with Crippen molar-refractivity contribution in [1.82, 2.24) is 5.32 Å². The van der Waals surface area contributed by atoms with Crippen molar-refractivity contribution in [2.45, 2.75) is 33.2 Å². The van der Waals surface area contributed by atoms with Crippen molar-refractivity contribution in [3.8, 4) is 11.5 Å². The van der Waals surface area contributed by atoms with E-state index in [1.54, 1.807) is 25.3 Å². The minimum Gasteiger partial charge on any atom is -0.493 e. The number of benzene rings is 1. The smallest absolute Gasteiger partial charge is 0.328 e. The Labute approximate surface area is 149 Å². The van der Waals surface area contributed by atoms with Crippen LogP contribution in [-0.2, 0) is 14.3 Å². The number of carbonyl (C=O) groups excluding carboxylic acids is 2. The molecule has 6 heteroatoms. The van der Waals surface area contributed by atoms with Crippen LogP contribution in [0.2, 0.25) is 0 Å². The molecule has 1 rings (SSSR count). The van der Waals surface area contributed by atoms with Gasteiger partial charge < -0.3 is 19.5 Å². The molecule has 0 aromatic heterocycles. The van der Waals surface area contributed by atoms with Gasteiger partial charge in [0.2, 0.25) is 5.91 Å². The van der Waals surface area contributed by atoms with Crippen LogP contribution < -0.4 is 14.8 Å². The number of amides is 1. The van der Waals surface area contributed by atoms with E-state index < -0.39 is 12.0 Å². The van der Waals surface area contributed by atoms with Gasteiger partial charge in [-0.2, -0.15) is 0 Å². The summed E-state index contributed by atoms with van der Waals surface area (Å²) in [7, 11) is 2.87. The highest BCUT2D eigenvalue weighted by Gasteiger charge is 2.21. The van der Waals surface area contributed by atoms with Gasteiger partial charge in [0.05, 0.1) is 20.8 Å². The number of hydrogen-bond donors (Lipinski definition) is 1. The Balaban J connectivity index is 2.79. The van der Waals surface area contributed by atoms with Gasteiger partial charge in [-0.1, -0.05) is 19.9 Å². The summed E-state index contributed by atoms with van der Waals surface area (Å²) in [6.45, 7) is 6.39. The number of methoxy groups -OCH3 is 2. The van der Waals surface area contributed by atoms with E-state index in [9.17, 15) is 9.59 Å². The van der Waals surface area contributed by atoms with Crippen molar-refractivity contribution in [1.29, 1.82) is 0 Å². The van der Waals surface area contributed by atoms with Gasteiger partial charge >= 0.3 is 5.97 Å². The van der Waals surface area contributed by atoms with E-state index in [1.165, 1.54) is 13.2 Å². The predicted molar refractivity (Wildman–Crippen MR) is 96.6 cm³/mol. The van der Waals surface area contributed by atoms with Crippen LogP contribution in [0.4, 0.5) is 0 Å². The van der Waals surface area contributed by atoms with Gasteiger partial charge in [0, 0.05) is 6.08 Å². The van der Waals surface area contributed by atoms with Crippen molar-refractivity contribution in [2.24, 2.45) is 5.92 Å². The van der Waals surface area contributed by atoms with Gasteiger partial charge in [-0.25, -0.2) is 4.79 Å². The van der Waals surface area contributed by atoms with E-state index in [1.807, 2.05) is 26.8 Å². The number of ether oxygens (including phenoxy) is 3. The lowest BCUT2D eigenvalue weighted by molar-refractivity contribution is -0.145. The summed E-state index contributed by atoms with van der Waals surface area (Å²) in [4.78, 5) is 23.8. The summed E-state index contributed by atoms with van der Waals surface area (Å²) in [6, 6.07) is 4.73. The second-order valence-electron chi connectivity index (χ2n) is 5.89.